The maximum Gasteiger partial charge on any atom is 0.180 e. The Hall–Kier alpha value is -1.31. The molecule has 0 unspecified atom stereocenters. The maximum absolute atomic E-state index is 4.50. The molecular weight excluding hydrogens is 341 g/mol. The molecular formula is C12H14IN5. The average molecular weight is 355 g/mol. The lowest BCUT2D eigenvalue weighted by atomic mass is 10.3. The largest absolute Gasteiger partial charge is 0.369 e. The van der Waals surface area contributed by atoms with Crippen LogP contribution in [-0.4, -0.2) is 26.5 Å². The third-order valence-electron chi connectivity index (χ3n) is 2.29. The van der Waals surface area contributed by atoms with Crippen LogP contribution in [0, 0.1) is 10.5 Å². The Bertz CT molecular complexity index is 544. The molecule has 0 aliphatic rings. The topological polar surface area (TPSA) is 63.6 Å². The van der Waals surface area contributed by atoms with Gasteiger partial charge in [-0.15, -0.1) is 0 Å². The highest BCUT2D eigenvalue weighted by Crippen LogP contribution is 2.19. The van der Waals surface area contributed by atoms with Gasteiger partial charge in [-0.25, -0.2) is 19.9 Å². The van der Waals surface area contributed by atoms with E-state index in [2.05, 4.69) is 54.8 Å². The molecule has 0 saturated heterocycles. The molecule has 0 fully saturated rings. The molecule has 0 bridgehead atoms. The molecule has 0 aliphatic carbocycles. The summed E-state index contributed by atoms with van der Waals surface area (Å²) < 4.78 is 1.01. The quantitative estimate of drug-likeness (QED) is 0.855. The zero-order chi connectivity index (χ0) is 13.0. The molecule has 0 amide bonds. The van der Waals surface area contributed by atoms with Gasteiger partial charge in [-0.3, -0.25) is 0 Å². The van der Waals surface area contributed by atoms with E-state index in [0.29, 0.717) is 5.82 Å². The van der Waals surface area contributed by atoms with Crippen LogP contribution in [0.1, 0.15) is 19.2 Å². The minimum Gasteiger partial charge on any atom is -0.369 e. The second kappa shape index (κ2) is 6.03. The molecule has 2 aromatic rings. The zero-order valence-electron chi connectivity index (χ0n) is 10.3. The summed E-state index contributed by atoms with van der Waals surface area (Å²) in [6, 6.07) is 1.82. The SMILES string of the molecule is CCCNc1nc(-c2ccnc(C)n2)ncc1I. The number of hydrogen-bond acceptors (Lipinski definition) is 5. The molecule has 6 heteroatoms. The molecule has 94 valence electrons. The minimum atomic E-state index is 0.625. The Morgan fingerprint density at radius 3 is 2.83 bits per heavy atom. The Kier molecular flexibility index (Phi) is 4.40. The summed E-state index contributed by atoms with van der Waals surface area (Å²) in [4.78, 5) is 17.2. The van der Waals surface area contributed by atoms with E-state index in [1.165, 1.54) is 0 Å². The summed E-state index contributed by atoms with van der Waals surface area (Å²) in [5.74, 6) is 2.20. The first kappa shape index (κ1) is 13.1. The van der Waals surface area contributed by atoms with Crippen LogP contribution in [0.15, 0.2) is 18.5 Å². The predicted molar refractivity (Wildman–Crippen MR) is 79.3 cm³/mol. The second-order valence-electron chi connectivity index (χ2n) is 3.81. The lowest BCUT2D eigenvalue weighted by Crippen LogP contribution is -2.06. The molecule has 18 heavy (non-hydrogen) atoms. The molecule has 2 heterocycles. The van der Waals surface area contributed by atoms with Crippen LogP contribution >= 0.6 is 22.6 Å². The van der Waals surface area contributed by atoms with E-state index < -0.39 is 0 Å². The van der Waals surface area contributed by atoms with Gasteiger partial charge in [0.05, 0.1) is 3.57 Å². The van der Waals surface area contributed by atoms with Crippen LogP contribution in [0.4, 0.5) is 5.82 Å². The molecule has 0 aromatic carbocycles. The summed E-state index contributed by atoms with van der Waals surface area (Å²) in [7, 11) is 0. The van der Waals surface area contributed by atoms with Crippen LogP contribution in [0.5, 0.6) is 0 Å². The van der Waals surface area contributed by atoms with Crippen molar-refractivity contribution in [1.29, 1.82) is 0 Å². The van der Waals surface area contributed by atoms with Crippen molar-refractivity contribution in [2.75, 3.05) is 11.9 Å². The molecule has 1 N–H and O–H groups in total. The van der Waals surface area contributed by atoms with Gasteiger partial charge in [-0.05, 0) is 42.0 Å². The van der Waals surface area contributed by atoms with Crippen molar-refractivity contribution in [1.82, 2.24) is 19.9 Å². The van der Waals surface area contributed by atoms with Crippen LogP contribution in [-0.2, 0) is 0 Å². The molecule has 2 rings (SSSR count). The van der Waals surface area contributed by atoms with E-state index in [0.717, 1.165) is 33.9 Å². The molecule has 2 aromatic heterocycles. The summed E-state index contributed by atoms with van der Waals surface area (Å²) in [6.45, 7) is 4.87. The Morgan fingerprint density at radius 2 is 2.11 bits per heavy atom. The first-order chi connectivity index (χ1) is 8.70. The first-order valence-corrected chi connectivity index (χ1v) is 6.85. The highest BCUT2D eigenvalue weighted by Gasteiger charge is 2.07. The van der Waals surface area contributed by atoms with Crippen molar-refractivity contribution in [2.24, 2.45) is 0 Å². The van der Waals surface area contributed by atoms with Gasteiger partial charge in [0.2, 0.25) is 0 Å². The molecule has 0 saturated carbocycles. The summed E-state index contributed by atoms with van der Waals surface area (Å²) >= 11 is 2.22. The fraction of sp³-hybridized carbons (Fsp3) is 0.333. The lowest BCUT2D eigenvalue weighted by molar-refractivity contribution is 0.960. The third-order valence-corrected chi connectivity index (χ3v) is 3.08. The first-order valence-electron chi connectivity index (χ1n) is 5.77. The van der Waals surface area contributed by atoms with Gasteiger partial charge in [0, 0.05) is 18.9 Å². The smallest absolute Gasteiger partial charge is 0.180 e. The third kappa shape index (κ3) is 3.12. The van der Waals surface area contributed by atoms with E-state index in [1.807, 2.05) is 13.0 Å². The number of anilines is 1. The highest BCUT2D eigenvalue weighted by atomic mass is 127. The van der Waals surface area contributed by atoms with Gasteiger partial charge in [0.1, 0.15) is 17.3 Å². The van der Waals surface area contributed by atoms with Crippen LogP contribution in [0.2, 0.25) is 0 Å². The molecule has 0 aliphatic heterocycles. The standard InChI is InChI=1S/C12H14IN5/c1-3-5-15-11-9(13)7-16-12(18-11)10-4-6-14-8(2)17-10/h4,6-7H,3,5H2,1-2H3,(H,15,16,18). The number of nitrogens with zero attached hydrogens (tertiary/aromatic N) is 4. The Morgan fingerprint density at radius 1 is 1.28 bits per heavy atom. The monoisotopic (exact) mass is 355 g/mol. The number of halogens is 1. The average Bonchev–Trinajstić information content (AvgIpc) is 2.38. The zero-order valence-corrected chi connectivity index (χ0v) is 12.5. The molecule has 0 radical (unpaired) electrons. The van der Waals surface area contributed by atoms with Gasteiger partial charge in [-0.1, -0.05) is 6.92 Å². The minimum absolute atomic E-state index is 0.625. The maximum atomic E-state index is 4.50. The van der Waals surface area contributed by atoms with Crippen molar-refractivity contribution in [3.63, 3.8) is 0 Å². The number of aryl methyl sites for hydroxylation is 1. The number of aromatic nitrogens is 4. The molecule has 0 spiro atoms. The van der Waals surface area contributed by atoms with E-state index >= 15 is 0 Å². The van der Waals surface area contributed by atoms with Crippen LogP contribution in [0.25, 0.3) is 11.5 Å². The van der Waals surface area contributed by atoms with Crippen molar-refractivity contribution >= 4 is 28.4 Å². The van der Waals surface area contributed by atoms with E-state index in [9.17, 15) is 0 Å². The lowest BCUT2D eigenvalue weighted by Gasteiger charge is -2.07. The van der Waals surface area contributed by atoms with E-state index in [4.69, 9.17) is 0 Å². The second-order valence-corrected chi connectivity index (χ2v) is 4.97. The molecule has 0 atom stereocenters. The van der Waals surface area contributed by atoms with Crippen LogP contribution < -0.4 is 5.32 Å². The number of rotatable bonds is 4. The van der Waals surface area contributed by atoms with E-state index in [-0.39, 0.29) is 0 Å². The summed E-state index contributed by atoms with van der Waals surface area (Å²) in [5, 5.41) is 3.29. The number of nitrogens with one attached hydrogen (secondary N) is 1. The normalized spacial score (nSPS) is 10.4. The Labute approximate surface area is 120 Å². The van der Waals surface area contributed by atoms with Crippen molar-refractivity contribution in [3.8, 4) is 11.5 Å². The number of hydrogen-bond donors (Lipinski definition) is 1. The predicted octanol–water partition coefficient (Wildman–Crippen LogP) is 2.67. The van der Waals surface area contributed by atoms with Gasteiger partial charge < -0.3 is 5.32 Å². The van der Waals surface area contributed by atoms with Crippen molar-refractivity contribution in [2.45, 2.75) is 20.3 Å². The highest BCUT2D eigenvalue weighted by molar-refractivity contribution is 14.1. The van der Waals surface area contributed by atoms with Crippen molar-refractivity contribution in [3.05, 3.63) is 27.9 Å². The summed E-state index contributed by atoms with van der Waals surface area (Å²) in [6.07, 6.45) is 4.58. The molecule has 5 nitrogen and oxygen atoms in total. The van der Waals surface area contributed by atoms with Gasteiger partial charge in [0.15, 0.2) is 5.82 Å². The van der Waals surface area contributed by atoms with Crippen LogP contribution in [0.3, 0.4) is 0 Å². The fourth-order valence-corrected chi connectivity index (χ4v) is 1.89. The van der Waals surface area contributed by atoms with Crippen molar-refractivity contribution < 1.29 is 0 Å². The Balaban J connectivity index is 2.34. The van der Waals surface area contributed by atoms with E-state index in [1.54, 1.807) is 12.4 Å². The van der Waals surface area contributed by atoms with Gasteiger partial charge in [-0.2, -0.15) is 0 Å². The summed E-state index contributed by atoms with van der Waals surface area (Å²) in [5.41, 5.74) is 0.749. The fourth-order valence-electron chi connectivity index (χ4n) is 1.44. The van der Waals surface area contributed by atoms with Gasteiger partial charge in [0.25, 0.3) is 0 Å². The van der Waals surface area contributed by atoms with Gasteiger partial charge >= 0.3 is 0 Å².